The van der Waals surface area contributed by atoms with E-state index in [9.17, 15) is 9.59 Å². The van der Waals surface area contributed by atoms with E-state index in [0.29, 0.717) is 17.6 Å². The molecule has 3 aromatic rings. The summed E-state index contributed by atoms with van der Waals surface area (Å²) in [6.45, 7) is 6.11. The van der Waals surface area contributed by atoms with Crippen molar-refractivity contribution in [2.24, 2.45) is 5.41 Å². The third kappa shape index (κ3) is 3.28. The van der Waals surface area contributed by atoms with Crippen molar-refractivity contribution in [3.8, 4) is 5.69 Å². The van der Waals surface area contributed by atoms with E-state index in [2.05, 4.69) is 29.6 Å². The highest BCUT2D eigenvalue weighted by molar-refractivity contribution is 6.01. The van der Waals surface area contributed by atoms with E-state index in [1.165, 1.54) is 0 Å². The Morgan fingerprint density at radius 2 is 1.61 bits per heavy atom. The van der Waals surface area contributed by atoms with Crippen molar-refractivity contribution < 1.29 is 4.79 Å². The van der Waals surface area contributed by atoms with Gasteiger partial charge >= 0.3 is 0 Å². The van der Waals surface area contributed by atoms with Gasteiger partial charge in [-0.2, -0.15) is 0 Å². The molecule has 1 aliphatic carbocycles. The number of allylic oxidation sites excluding steroid dienone is 1. The summed E-state index contributed by atoms with van der Waals surface area (Å²) in [6, 6.07) is 16.8. The molecule has 1 atom stereocenters. The summed E-state index contributed by atoms with van der Waals surface area (Å²) in [6.07, 6.45) is 1.20. The van der Waals surface area contributed by atoms with Gasteiger partial charge in [-0.25, -0.2) is 4.68 Å². The van der Waals surface area contributed by atoms with Gasteiger partial charge in [0.1, 0.15) is 0 Å². The highest BCUT2D eigenvalue weighted by Gasteiger charge is 2.40. The molecule has 158 valence electrons. The van der Waals surface area contributed by atoms with Crippen LogP contribution in [0.3, 0.4) is 0 Å². The monoisotopic (exact) mass is 414 g/mol. The van der Waals surface area contributed by atoms with Crippen LogP contribution in [0.2, 0.25) is 0 Å². The molecule has 1 aliphatic heterocycles. The summed E-state index contributed by atoms with van der Waals surface area (Å²) in [7, 11) is 0. The Hall–Kier alpha value is -3.54. The number of carbonyl (C=O) groups is 1. The number of rotatable bonds is 2. The van der Waals surface area contributed by atoms with Crippen LogP contribution >= 0.6 is 0 Å². The summed E-state index contributed by atoms with van der Waals surface area (Å²) < 4.78 is 1.55. The maximum Gasteiger partial charge on any atom is 0.277 e. The second kappa shape index (κ2) is 7.01. The van der Waals surface area contributed by atoms with Crippen molar-refractivity contribution in [2.75, 3.05) is 10.6 Å². The minimum absolute atomic E-state index is 0.0790. The first-order valence-corrected chi connectivity index (χ1v) is 10.6. The number of anilines is 2. The summed E-state index contributed by atoms with van der Waals surface area (Å²) in [5.41, 5.74) is 5.15. The van der Waals surface area contributed by atoms with E-state index in [1.54, 1.807) is 4.68 Å². The van der Waals surface area contributed by atoms with Gasteiger partial charge in [0, 0.05) is 23.4 Å². The molecule has 31 heavy (non-hydrogen) atoms. The number of carbonyl (C=O) groups excluding carboxylic acids is 1. The quantitative estimate of drug-likeness (QED) is 0.568. The van der Waals surface area contributed by atoms with Crippen LogP contribution in [0.25, 0.3) is 5.69 Å². The van der Waals surface area contributed by atoms with Gasteiger partial charge in [0.15, 0.2) is 5.78 Å². The number of nitrogens with zero attached hydrogens (tertiary/aromatic N) is 1. The Kier molecular flexibility index (Phi) is 4.39. The van der Waals surface area contributed by atoms with Crippen LogP contribution in [-0.4, -0.2) is 15.6 Å². The first kappa shape index (κ1) is 19.4. The molecule has 2 aliphatic rings. The van der Waals surface area contributed by atoms with Crippen molar-refractivity contribution in [2.45, 2.75) is 39.7 Å². The number of aromatic nitrogens is 2. The number of ketones is 1. The first-order chi connectivity index (χ1) is 14.8. The second-order valence-corrected chi connectivity index (χ2v) is 9.21. The van der Waals surface area contributed by atoms with Gasteiger partial charge in [-0.3, -0.25) is 14.7 Å². The first-order valence-electron chi connectivity index (χ1n) is 10.6. The van der Waals surface area contributed by atoms with E-state index in [4.69, 9.17) is 0 Å². The van der Waals surface area contributed by atoms with Crippen LogP contribution in [0.1, 0.15) is 44.0 Å². The molecule has 0 saturated heterocycles. The lowest BCUT2D eigenvalue weighted by molar-refractivity contribution is -0.118. The molecule has 2 heterocycles. The number of Topliss-reactive ketones (excluding diaryl/α,β-unsaturated/α-hetero) is 1. The predicted molar refractivity (Wildman–Crippen MR) is 123 cm³/mol. The lowest BCUT2D eigenvalue weighted by Crippen LogP contribution is -2.33. The van der Waals surface area contributed by atoms with Gasteiger partial charge in [0.2, 0.25) is 0 Å². The lowest BCUT2D eigenvalue weighted by Gasteiger charge is -2.33. The third-order valence-electron chi connectivity index (χ3n) is 6.14. The molecular formula is C25H26N4O2. The van der Waals surface area contributed by atoms with E-state index in [1.807, 2.05) is 61.5 Å². The normalized spacial score (nSPS) is 19.7. The number of nitrogens with one attached hydrogen (secondary N) is 3. The SMILES string of the molecule is Cc1[nH]n(-c2ccccc2)c(=O)c1C1Nc2ccccc2NC2=C1C(=O)CC(C)(C)C2. The highest BCUT2D eigenvalue weighted by Crippen LogP contribution is 2.45. The fourth-order valence-corrected chi connectivity index (χ4v) is 4.76. The molecule has 0 saturated carbocycles. The molecule has 0 radical (unpaired) electrons. The molecule has 2 aromatic carbocycles. The van der Waals surface area contributed by atoms with E-state index in [0.717, 1.165) is 34.9 Å². The molecule has 0 spiro atoms. The predicted octanol–water partition coefficient (Wildman–Crippen LogP) is 4.70. The fourth-order valence-electron chi connectivity index (χ4n) is 4.76. The minimum Gasteiger partial charge on any atom is -0.372 e. The molecule has 6 nitrogen and oxygen atoms in total. The van der Waals surface area contributed by atoms with Crippen molar-refractivity contribution in [3.63, 3.8) is 0 Å². The molecule has 6 heteroatoms. The lowest BCUT2D eigenvalue weighted by atomic mass is 9.73. The molecule has 0 bridgehead atoms. The van der Waals surface area contributed by atoms with E-state index >= 15 is 0 Å². The van der Waals surface area contributed by atoms with Crippen LogP contribution < -0.4 is 16.2 Å². The zero-order valence-corrected chi connectivity index (χ0v) is 18.0. The van der Waals surface area contributed by atoms with E-state index in [-0.39, 0.29) is 16.8 Å². The number of fused-ring (bicyclic) bond motifs is 1. The van der Waals surface area contributed by atoms with Crippen molar-refractivity contribution in [1.82, 2.24) is 9.78 Å². The summed E-state index contributed by atoms with van der Waals surface area (Å²) in [5, 5.41) is 10.2. The summed E-state index contributed by atoms with van der Waals surface area (Å²) >= 11 is 0. The summed E-state index contributed by atoms with van der Waals surface area (Å²) in [5.74, 6) is 0.0790. The van der Waals surface area contributed by atoms with Gasteiger partial charge in [0.25, 0.3) is 5.56 Å². The number of hydrogen-bond acceptors (Lipinski definition) is 4. The third-order valence-corrected chi connectivity index (χ3v) is 6.14. The van der Waals surface area contributed by atoms with Crippen LogP contribution in [-0.2, 0) is 4.79 Å². The Morgan fingerprint density at radius 1 is 0.935 bits per heavy atom. The largest absolute Gasteiger partial charge is 0.372 e. The Labute approximate surface area is 181 Å². The van der Waals surface area contributed by atoms with Crippen LogP contribution in [0.15, 0.2) is 70.7 Å². The molecule has 3 N–H and O–H groups in total. The number of aromatic amines is 1. The average molecular weight is 415 g/mol. The Balaban J connectivity index is 1.72. The van der Waals surface area contributed by atoms with Crippen molar-refractivity contribution >= 4 is 17.2 Å². The van der Waals surface area contributed by atoms with Gasteiger partial charge in [-0.05, 0) is 43.0 Å². The van der Waals surface area contributed by atoms with E-state index < -0.39 is 6.04 Å². The fraction of sp³-hybridized carbons (Fsp3) is 0.280. The van der Waals surface area contributed by atoms with Gasteiger partial charge in [0.05, 0.1) is 28.7 Å². The number of para-hydroxylation sites is 3. The smallest absolute Gasteiger partial charge is 0.277 e. The average Bonchev–Trinajstić information content (AvgIpc) is 2.92. The van der Waals surface area contributed by atoms with Gasteiger partial charge < -0.3 is 10.6 Å². The number of benzene rings is 2. The van der Waals surface area contributed by atoms with Crippen molar-refractivity contribution in [3.05, 3.63) is 87.5 Å². The molecule has 1 aromatic heterocycles. The Morgan fingerprint density at radius 3 is 2.35 bits per heavy atom. The Bertz CT molecular complexity index is 1260. The molecule has 1 unspecified atom stereocenters. The van der Waals surface area contributed by atoms with Crippen molar-refractivity contribution in [1.29, 1.82) is 0 Å². The zero-order valence-electron chi connectivity index (χ0n) is 18.0. The number of hydrogen-bond donors (Lipinski definition) is 3. The molecule has 5 rings (SSSR count). The van der Waals surface area contributed by atoms with Gasteiger partial charge in [-0.1, -0.05) is 44.2 Å². The number of H-pyrrole nitrogens is 1. The van der Waals surface area contributed by atoms with Crippen LogP contribution in [0.4, 0.5) is 11.4 Å². The standard InChI is InChI=1S/C25H26N4O2/c1-15-21(24(31)29(28-15)16-9-5-4-6-10-16)23-22-19(13-25(2,3)14-20(22)30)26-17-11-7-8-12-18(17)27-23/h4-12,23,26-28H,13-14H2,1-3H3. The molecule has 0 amide bonds. The highest BCUT2D eigenvalue weighted by atomic mass is 16.1. The minimum atomic E-state index is -0.525. The molecular weight excluding hydrogens is 388 g/mol. The molecule has 0 fully saturated rings. The number of aryl methyl sites for hydroxylation is 1. The zero-order chi connectivity index (χ0) is 21.8. The maximum absolute atomic E-state index is 13.6. The van der Waals surface area contributed by atoms with Crippen LogP contribution in [0.5, 0.6) is 0 Å². The maximum atomic E-state index is 13.6. The van der Waals surface area contributed by atoms with Crippen LogP contribution in [0, 0.1) is 12.3 Å². The second-order valence-electron chi connectivity index (χ2n) is 9.21. The van der Waals surface area contributed by atoms with Gasteiger partial charge in [-0.15, -0.1) is 0 Å². The topological polar surface area (TPSA) is 78.9 Å². The summed E-state index contributed by atoms with van der Waals surface area (Å²) in [4.78, 5) is 26.9.